The molecule has 0 saturated heterocycles. The maximum absolute atomic E-state index is 2.55. The van der Waals surface area contributed by atoms with Gasteiger partial charge in [-0.05, 0) is 62.0 Å². The van der Waals surface area contributed by atoms with E-state index in [1.807, 2.05) is 0 Å². The van der Waals surface area contributed by atoms with E-state index in [2.05, 4.69) is 24.9 Å². The Kier molecular flexibility index (Phi) is 1.65. The smallest absolute Gasteiger partial charge is 0.0167 e. The third kappa shape index (κ3) is 1.19. The lowest BCUT2D eigenvalue weighted by Gasteiger charge is -2.60. The fourth-order valence-electron chi connectivity index (χ4n) is 4.87. The Labute approximate surface area is 85.9 Å². The highest BCUT2D eigenvalue weighted by Gasteiger charge is 2.55. The lowest BCUT2D eigenvalue weighted by atomic mass is 9.50. The van der Waals surface area contributed by atoms with Gasteiger partial charge in [0.05, 0.1) is 0 Å². The van der Waals surface area contributed by atoms with Crippen LogP contribution in [0.4, 0.5) is 0 Å². The van der Waals surface area contributed by atoms with E-state index in [1.54, 1.807) is 32.1 Å². The zero-order chi connectivity index (χ0) is 9.10. The van der Waals surface area contributed by atoms with Gasteiger partial charge >= 0.3 is 0 Å². The van der Waals surface area contributed by atoms with E-state index in [0.29, 0.717) is 0 Å². The summed E-state index contributed by atoms with van der Waals surface area (Å²) < 4.78 is 0.721. The molecule has 4 aliphatic rings. The van der Waals surface area contributed by atoms with Crippen molar-refractivity contribution in [1.82, 2.24) is 0 Å². The minimum atomic E-state index is 0.721. The summed E-state index contributed by atoms with van der Waals surface area (Å²) in [4.78, 5) is 0. The average molecular weight is 196 g/mol. The third-order valence-electron chi connectivity index (χ3n) is 4.73. The second-order valence-electron chi connectivity index (χ2n) is 6.16. The van der Waals surface area contributed by atoms with Crippen molar-refractivity contribution in [3.8, 4) is 0 Å². The largest absolute Gasteiger partial charge is 0.159 e. The molecule has 74 valence electrons. The molecule has 4 aliphatic carbocycles. The van der Waals surface area contributed by atoms with Crippen LogP contribution in [-0.4, -0.2) is 11.0 Å². The van der Waals surface area contributed by atoms with Crippen LogP contribution in [0.3, 0.4) is 0 Å². The molecule has 0 amide bonds. The molecule has 0 aromatic heterocycles. The molecule has 1 heteroatoms. The summed E-state index contributed by atoms with van der Waals surface area (Å²) in [5.41, 5.74) is 0.743. The summed E-state index contributed by atoms with van der Waals surface area (Å²) in [5.74, 6) is 2.19. The molecular weight excluding hydrogens is 176 g/mol. The molecule has 0 heterocycles. The molecule has 4 saturated carbocycles. The highest BCUT2D eigenvalue weighted by atomic mass is 32.2. The van der Waals surface area contributed by atoms with Gasteiger partial charge in [-0.25, -0.2) is 0 Å². The first-order chi connectivity index (χ1) is 6.13. The summed E-state index contributed by atoms with van der Waals surface area (Å²) in [6, 6.07) is 0. The van der Waals surface area contributed by atoms with Gasteiger partial charge in [0.2, 0.25) is 0 Å². The fourth-order valence-corrected chi connectivity index (χ4v) is 6.16. The summed E-state index contributed by atoms with van der Waals surface area (Å²) in [6.07, 6.45) is 11.6. The predicted molar refractivity (Wildman–Crippen MR) is 59.0 cm³/mol. The molecular formula is C12H20S. The molecule has 4 rings (SSSR count). The van der Waals surface area contributed by atoms with Gasteiger partial charge in [-0.15, -0.1) is 0 Å². The van der Waals surface area contributed by atoms with Crippen LogP contribution in [0.15, 0.2) is 0 Å². The van der Waals surface area contributed by atoms with Gasteiger partial charge in [0.1, 0.15) is 0 Å². The van der Waals surface area contributed by atoms with Gasteiger partial charge in [-0.2, -0.15) is 11.8 Å². The molecule has 0 spiro atoms. The van der Waals surface area contributed by atoms with Crippen LogP contribution in [0.1, 0.15) is 45.4 Å². The number of thioether (sulfide) groups is 1. The zero-order valence-electron chi connectivity index (χ0n) is 8.81. The Morgan fingerprint density at radius 3 is 2.15 bits per heavy atom. The maximum Gasteiger partial charge on any atom is 0.0167 e. The second-order valence-corrected chi connectivity index (χ2v) is 7.43. The highest BCUT2D eigenvalue weighted by molar-refractivity contribution is 8.00. The van der Waals surface area contributed by atoms with Crippen molar-refractivity contribution in [1.29, 1.82) is 0 Å². The predicted octanol–water partition coefficient (Wildman–Crippen LogP) is 3.71. The molecule has 0 N–H and O–H groups in total. The van der Waals surface area contributed by atoms with Crippen LogP contribution < -0.4 is 0 Å². The maximum atomic E-state index is 2.55. The van der Waals surface area contributed by atoms with Gasteiger partial charge in [0.15, 0.2) is 0 Å². The summed E-state index contributed by atoms with van der Waals surface area (Å²) in [7, 11) is 0. The van der Waals surface area contributed by atoms with Gasteiger partial charge < -0.3 is 0 Å². The molecule has 0 nitrogen and oxygen atoms in total. The van der Waals surface area contributed by atoms with Crippen LogP contribution in [0.25, 0.3) is 0 Å². The first kappa shape index (κ1) is 8.64. The summed E-state index contributed by atoms with van der Waals surface area (Å²) >= 11 is 2.18. The molecule has 0 aromatic rings. The Balaban J connectivity index is 1.95. The van der Waals surface area contributed by atoms with Crippen molar-refractivity contribution in [2.75, 3.05) is 6.26 Å². The topological polar surface area (TPSA) is 0 Å². The van der Waals surface area contributed by atoms with E-state index in [-0.39, 0.29) is 0 Å². The van der Waals surface area contributed by atoms with Gasteiger partial charge in [0, 0.05) is 4.75 Å². The molecule has 0 aromatic carbocycles. The molecule has 4 bridgehead atoms. The lowest BCUT2D eigenvalue weighted by molar-refractivity contribution is -0.0250. The Morgan fingerprint density at radius 1 is 1.08 bits per heavy atom. The molecule has 0 radical (unpaired) electrons. The van der Waals surface area contributed by atoms with Gasteiger partial charge in [-0.1, -0.05) is 6.92 Å². The van der Waals surface area contributed by atoms with E-state index in [0.717, 1.165) is 22.0 Å². The lowest BCUT2D eigenvalue weighted by Crippen LogP contribution is -2.52. The van der Waals surface area contributed by atoms with E-state index in [1.165, 1.54) is 6.42 Å². The number of rotatable bonds is 1. The standard InChI is InChI=1S/C12H20S/c1-11-4-9-3-10(5-11)7-12(6-9,8-11)13-2/h9-10H,3-8H2,1-2H3. The van der Waals surface area contributed by atoms with Crippen molar-refractivity contribution in [2.45, 2.75) is 50.2 Å². The van der Waals surface area contributed by atoms with Crippen LogP contribution in [-0.2, 0) is 0 Å². The van der Waals surface area contributed by atoms with Crippen molar-refractivity contribution >= 4 is 11.8 Å². The van der Waals surface area contributed by atoms with E-state index in [4.69, 9.17) is 0 Å². The van der Waals surface area contributed by atoms with E-state index >= 15 is 0 Å². The summed E-state index contributed by atoms with van der Waals surface area (Å²) in [6.45, 7) is 2.55. The minimum Gasteiger partial charge on any atom is -0.159 e. The second kappa shape index (κ2) is 2.48. The normalized spacial score (nSPS) is 58.6. The van der Waals surface area contributed by atoms with Crippen LogP contribution >= 0.6 is 11.8 Å². The molecule has 0 aliphatic heterocycles. The fraction of sp³-hybridized carbons (Fsp3) is 1.00. The quantitative estimate of drug-likeness (QED) is 0.616. The summed E-state index contributed by atoms with van der Waals surface area (Å²) in [5, 5.41) is 0. The van der Waals surface area contributed by atoms with Crippen LogP contribution in [0, 0.1) is 17.3 Å². The SMILES string of the molecule is CSC12CC3CC(CC(C)(C3)C1)C2. The van der Waals surface area contributed by atoms with Crippen molar-refractivity contribution in [3.63, 3.8) is 0 Å². The van der Waals surface area contributed by atoms with Crippen molar-refractivity contribution in [2.24, 2.45) is 17.3 Å². The Morgan fingerprint density at radius 2 is 1.69 bits per heavy atom. The Hall–Kier alpha value is 0.350. The minimum absolute atomic E-state index is 0.721. The third-order valence-corrected chi connectivity index (χ3v) is 6.08. The first-order valence-corrected chi connectivity index (χ1v) is 6.91. The first-order valence-electron chi connectivity index (χ1n) is 5.68. The van der Waals surface area contributed by atoms with E-state index in [9.17, 15) is 0 Å². The molecule has 4 fully saturated rings. The van der Waals surface area contributed by atoms with E-state index < -0.39 is 0 Å². The van der Waals surface area contributed by atoms with Crippen LogP contribution in [0.5, 0.6) is 0 Å². The van der Waals surface area contributed by atoms with Gasteiger partial charge in [0.25, 0.3) is 0 Å². The van der Waals surface area contributed by atoms with Crippen LogP contribution in [0.2, 0.25) is 0 Å². The molecule has 2 unspecified atom stereocenters. The zero-order valence-corrected chi connectivity index (χ0v) is 9.62. The molecule has 2 atom stereocenters. The van der Waals surface area contributed by atoms with Gasteiger partial charge in [-0.3, -0.25) is 0 Å². The van der Waals surface area contributed by atoms with Crippen molar-refractivity contribution < 1.29 is 0 Å². The number of hydrogen-bond donors (Lipinski definition) is 0. The number of hydrogen-bond acceptors (Lipinski definition) is 1. The Bertz CT molecular complexity index is 219. The highest BCUT2D eigenvalue weighted by Crippen LogP contribution is 2.64. The average Bonchev–Trinajstić information content (AvgIpc) is 1.99. The monoisotopic (exact) mass is 196 g/mol. The van der Waals surface area contributed by atoms with Crippen molar-refractivity contribution in [3.05, 3.63) is 0 Å². The molecule has 13 heavy (non-hydrogen) atoms.